The smallest absolute Gasteiger partial charge is 0.351 e. The molecule has 73 heteroatoms. The van der Waals surface area contributed by atoms with Crippen molar-refractivity contribution in [3.8, 4) is 0 Å². The predicted octanol–water partition coefficient (Wildman–Crippen LogP) is -2.00. The first kappa shape index (κ1) is 109. The average Bonchev–Trinajstić information content (AvgIpc) is 1.63. The Labute approximate surface area is 851 Å². The Hall–Kier alpha value is -6.83. The molecule has 7 aliphatic rings. The Morgan fingerprint density at radius 2 is 0.607 bits per heavy atom. The molecule has 0 spiro atoms. The third-order valence-corrected chi connectivity index (χ3v) is 35.2. The lowest BCUT2D eigenvalue weighted by atomic mass is 10.1. The second kappa shape index (κ2) is 44.1. The second-order valence-electron chi connectivity index (χ2n) is 33.7. The Morgan fingerprint density at radius 1 is 0.359 bits per heavy atom. The fraction of sp³-hybridized carbons (Fsp3) is 0.569. The normalized spacial score (nSPS) is 29.6. The quantitative estimate of drug-likeness (QED) is 0.0161. The minimum atomic E-state index is -5.04. The summed E-state index contributed by atoms with van der Waals surface area (Å²) in [5.41, 5.74) is 19.9. The number of aryl methyl sites for hydroxylation is 4. The van der Waals surface area contributed by atoms with Crippen molar-refractivity contribution < 1.29 is 130 Å². The average molecular weight is 2290 g/mol. The number of nitrogen functional groups attached to an aromatic ring is 4. The van der Waals surface area contributed by atoms with Crippen LogP contribution >= 0.6 is 47.1 Å². The van der Waals surface area contributed by atoms with Crippen LogP contribution in [0.25, 0.3) is 33.5 Å². The molecule has 0 bridgehead atoms. The predicted molar refractivity (Wildman–Crippen MR) is 513 cm³/mol. The summed E-state index contributed by atoms with van der Waals surface area (Å²) in [6.45, 7) is -31.1. The maximum Gasteiger partial charge on any atom is 0.351 e. The number of hydrogen-bond acceptors (Lipinski definition) is 56. The molecule has 145 heavy (non-hydrogen) atoms. The van der Waals surface area contributed by atoms with E-state index in [1.807, 2.05) is 0 Å². The summed E-state index contributed by atoms with van der Waals surface area (Å²) in [7, 11) is 1.06. The molecule has 28 atom stereocenters. The molecule has 7 saturated heterocycles. The van der Waals surface area contributed by atoms with E-state index >= 15 is 0 Å². The van der Waals surface area contributed by atoms with Crippen molar-refractivity contribution in [2.75, 3.05) is 69.7 Å². The number of fused-ring (bicyclic) bond motifs is 3. The van der Waals surface area contributed by atoms with Gasteiger partial charge in [-0.25, -0.2) is 64.0 Å². The summed E-state index contributed by atoms with van der Waals surface area (Å²) in [5, 5.41) is 0. The Bertz CT molecular complexity index is 7400. The number of nitrogens with zero attached hydrogens (tertiary/aromatic N) is 17. The van der Waals surface area contributed by atoms with Gasteiger partial charge in [0.05, 0.1) is 107 Å². The number of imidazole rings is 3. The number of aromatic nitrogens is 20. The standard InChI is InChI=1S/C72H95N24O35P7S7/c1-7-35-36(8-53(118-35)94-28-83-56-60(74)77-25-80-63(56)94)126-133(105,140)112-20-45-39(10-50(120-45)91-16-32(3)66(97)87-70(91)101)129-136(108,143)114-21-44-38(9-49(119-44)90-15-31(2)59(73)86-69(90)100)127-135(107,142)115-22-46-41(12-52(121-46)93-18-34(5)68(99)89-72(93)103)130-137(109,144)117-24-48-42(14-55(124-48)96-30-85-58-62(76)79-27-82-65(58)96)131-138(110,145)116-23-47-40(11-51(122-47)92-17-33(4)67(98)88-71(92)102)128-134(106,141)113-19-43-37(125-132(104,139)111-6)13-54(123-43)95-29-84-57-61(75)78-26-81-64(57)95/h15-18,25-30,35-55H,7-14,19-24H2,1-6H3,(H,104,139)(H,105,140)(H,106,141)(H,107,142)(H,108,143)(H,109,144)(H,110,145)(H2,73,86,100)(H2,74,77,80)(H2,75,78,81)(H2,76,79,82)(H,87,97,101)(H,88,98,102)(H,89,99,103)/p-7/t35-,36-,37-,38-,39-,40-,41-,42-,43-,44-,45-,46-,47-,48-,49-,50-,51-,52-,53-,54-,55-,132?,133?,134?,135?,136?,137?,138?/m1/s1. The number of aromatic amines is 3. The van der Waals surface area contributed by atoms with Crippen molar-refractivity contribution in [1.29, 1.82) is 0 Å². The van der Waals surface area contributed by atoms with Gasteiger partial charge < -0.3 is 161 Å². The monoisotopic (exact) mass is 2290 g/mol. The van der Waals surface area contributed by atoms with E-state index in [2.05, 4.69) is 64.8 Å². The van der Waals surface area contributed by atoms with Crippen molar-refractivity contribution in [2.24, 2.45) is 0 Å². The molecule has 10 aromatic heterocycles. The molecule has 0 radical (unpaired) electrons. The summed E-state index contributed by atoms with van der Waals surface area (Å²) < 4.78 is 149. The van der Waals surface area contributed by atoms with E-state index in [0.29, 0.717) is 17.6 Å². The van der Waals surface area contributed by atoms with Gasteiger partial charge in [-0.05, 0) is 34.1 Å². The second-order valence-corrected chi connectivity index (χ2v) is 52.8. The molecule has 17 heterocycles. The zero-order chi connectivity index (χ0) is 104. The topological polar surface area (TPSA) is 784 Å². The van der Waals surface area contributed by atoms with Crippen LogP contribution in [0.3, 0.4) is 0 Å². The minimum absolute atomic E-state index is 0.00642. The van der Waals surface area contributed by atoms with Crippen molar-refractivity contribution in [1.82, 2.24) is 96.8 Å². The summed E-state index contributed by atoms with van der Waals surface area (Å²) in [4.78, 5) is 227. The number of anilines is 4. The van der Waals surface area contributed by atoms with Crippen molar-refractivity contribution >= 4 is 187 Å². The van der Waals surface area contributed by atoms with Gasteiger partial charge in [0.1, 0.15) is 162 Å². The SMILES string of the molecule is CC[C@H]1O[C@@H](n2cnc3c(N)ncnc32)C[C@H]1OP([O-])(=S)OC[C@H]1O[C@@H](n2cc(C)c(=O)[nH]c2=O)C[C@H]1OP(=O)([S-])OC[C@H]1O[C@@H](n2cc(C)c(N)nc2=O)C[C@H]1OP([O-])(=S)OC[C@H]1O[C@@H](n2cc(C)c(=O)[nH]c2=O)C[C@H]1OP([O-])(=S)OC[C@H]1O[C@@H](n2cnc3c(N)ncnc32)C[C@H]1OP([O-])(=S)OC[C@H]1O[C@@H](n2cc(C)c(=O)[nH]c2=O)C[C@H]1OP([O-])(=S)OC[C@H]1O[C@@H](n2cnc3c(N)ncnc32)C[C@H]1OP([O-])(=S)OC. The van der Waals surface area contributed by atoms with E-state index in [9.17, 15) is 67.5 Å². The first-order valence-electron chi connectivity index (χ1n) is 43.5. The molecule has 59 nitrogen and oxygen atoms in total. The molecular formula is C72H88N24O35P7S7-7. The highest BCUT2D eigenvalue weighted by Crippen LogP contribution is 2.57. The van der Waals surface area contributed by atoms with E-state index < -0.39 is 275 Å². The third-order valence-electron chi connectivity index (χ3n) is 24.1. The maximum atomic E-state index is 15.0. The van der Waals surface area contributed by atoms with E-state index in [0.717, 1.165) is 37.9 Å². The first-order valence-corrected chi connectivity index (χ1v) is 61.4. The van der Waals surface area contributed by atoms with E-state index in [4.69, 9.17) is 203 Å². The van der Waals surface area contributed by atoms with Crippen LogP contribution in [0.4, 0.5) is 23.3 Å². The number of rotatable bonds is 41. The lowest BCUT2D eigenvalue weighted by Crippen LogP contribution is -2.34. The van der Waals surface area contributed by atoms with Gasteiger partial charge in [-0.1, -0.05) is 77.8 Å². The van der Waals surface area contributed by atoms with Crippen LogP contribution in [-0.4, -0.2) is 229 Å². The van der Waals surface area contributed by atoms with Crippen LogP contribution < -0.4 is 91.7 Å². The van der Waals surface area contributed by atoms with Crippen molar-refractivity contribution in [3.05, 3.63) is 158 Å². The number of H-pyrrole nitrogens is 3. The summed E-state index contributed by atoms with van der Waals surface area (Å²) in [6, 6.07) is 0. The number of nitrogens with two attached hydrogens (primary N) is 4. The van der Waals surface area contributed by atoms with Gasteiger partial charge in [-0.3, -0.25) is 65.9 Å². The minimum Gasteiger partial charge on any atom is -0.780 e. The van der Waals surface area contributed by atoms with Gasteiger partial charge in [0.2, 0.25) is 0 Å². The summed E-state index contributed by atoms with van der Waals surface area (Å²) in [5.74, 6) is -0.0307. The Balaban J connectivity index is 0.577. The molecule has 0 saturated carbocycles. The number of nitrogens with one attached hydrogen (secondary N) is 3. The fourth-order valence-electron chi connectivity index (χ4n) is 16.9. The molecule has 10 aromatic rings. The van der Waals surface area contributed by atoms with Crippen LogP contribution in [0.5, 0.6) is 0 Å². The lowest BCUT2D eigenvalue weighted by molar-refractivity contribution is -0.221. The van der Waals surface area contributed by atoms with Gasteiger partial charge in [0.25, 0.3) is 16.7 Å². The lowest BCUT2D eigenvalue weighted by Gasteiger charge is -2.36. The molecule has 7 unspecified atom stereocenters. The van der Waals surface area contributed by atoms with Gasteiger partial charge >= 0.3 is 22.8 Å². The molecule has 7 aliphatic heterocycles. The number of ether oxygens (including phenoxy) is 7. The van der Waals surface area contributed by atoms with Crippen LogP contribution in [0.1, 0.15) is 124 Å². The molecule has 11 N–H and O–H groups in total. The molecule has 7 fully saturated rings. The van der Waals surface area contributed by atoms with Crippen LogP contribution in [-0.2, 0) is 184 Å². The highest BCUT2D eigenvalue weighted by Gasteiger charge is 2.50. The molecular weight excluding hydrogens is 2200 g/mol. The van der Waals surface area contributed by atoms with Gasteiger partial charge in [-0.2, -0.15) is 4.98 Å². The van der Waals surface area contributed by atoms with Gasteiger partial charge in [-0.15, -0.1) is 0 Å². The highest BCUT2D eigenvalue weighted by atomic mass is 32.7. The zero-order valence-electron chi connectivity index (χ0n) is 76.0. The van der Waals surface area contributed by atoms with E-state index in [1.165, 1.54) is 87.1 Å². The molecule has 17 rings (SSSR count). The van der Waals surface area contributed by atoms with Gasteiger partial charge in [0.15, 0.2) is 41.2 Å². The maximum absolute atomic E-state index is 15.0. The van der Waals surface area contributed by atoms with Crippen LogP contribution in [0.15, 0.2) is 96.3 Å². The fourth-order valence-corrected chi connectivity index (χ4v) is 26.7. The van der Waals surface area contributed by atoms with Crippen LogP contribution in [0.2, 0.25) is 0 Å². The largest absolute Gasteiger partial charge is 0.780 e. The molecule has 0 amide bonds. The third kappa shape index (κ3) is 25.4. The first-order chi connectivity index (χ1) is 68.4. The van der Waals surface area contributed by atoms with Crippen molar-refractivity contribution in [3.63, 3.8) is 0 Å². The van der Waals surface area contributed by atoms with Gasteiger partial charge in [0, 0.05) is 99.1 Å². The Morgan fingerprint density at radius 3 is 0.897 bits per heavy atom. The Kier molecular flexibility index (Phi) is 33.3. The zero-order valence-corrected chi connectivity index (χ0v) is 88.0. The van der Waals surface area contributed by atoms with E-state index in [-0.39, 0.29) is 93.5 Å². The molecule has 790 valence electrons. The van der Waals surface area contributed by atoms with E-state index in [1.54, 1.807) is 11.5 Å². The highest BCUT2D eigenvalue weighted by molar-refractivity contribution is 8.32. The number of hydrogen-bond donors (Lipinski definition) is 7. The van der Waals surface area contributed by atoms with Crippen molar-refractivity contribution in [2.45, 2.75) is 215 Å². The summed E-state index contributed by atoms with van der Waals surface area (Å²) >= 11 is 38.1. The molecule has 0 aliphatic carbocycles. The molecule has 0 aromatic carbocycles. The summed E-state index contributed by atoms with van der Waals surface area (Å²) in [6.07, 6.45) is -17.4. The van der Waals surface area contributed by atoms with Crippen LogP contribution in [0, 0.1) is 27.7 Å².